The second kappa shape index (κ2) is 7.06. The summed E-state index contributed by atoms with van der Waals surface area (Å²) in [6.45, 7) is 6.73. The van der Waals surface area contributed by atoms with Gasteiger partial charge < -0.3 is 5.32 Å². The van der Waals surface area contributed by atoms with Gasteiger partial charge in [-0.1, -0.05) is 49.6 Å². The van der Waals surface area contributed by atoms with Gasteiger partial charge in [-0.2, -0.15) is 0 Å². The molecule has 0 bridgehead atoms. The maximum Gasteiger partial charge on any atom is 0.0446 e. The first-order valence-corrected chi connectivity index (χ1v) is 7.72. The van der Waals surface area contributed by atoms with Gasteiger partial charge in [-0.3, -0.25) is 4.90 Å². The lowest BCUT2D eigenvalue weighted by Gasteiger charge is -2.31. The summed E-state index contributed by atoms with van der Waals surface area (Å²) < 4.78 is 0. The predicted molar refractivity (Wildman–Crippen MR) is 82.5 cm³/mol. The Kier molecular flexibility index (Phi) is 5.41. The third kappa shape index (κ3) is 3.80. The largest absolute Gasteiger partial charge is 0.312 e. The summed E-state index contributed by atoms with van der Waals surface area (Å²) >= 11 is 0. The van der Waals surface area contributed by atoms with Crippen molar-refractivity contribution < 1.29 is 0 Å². The Bertz CT molecular complexity index is 365. The Labute approximate surface area is 118 Å². The number of aryl methyl sites for hydroxylation is 1. The van der Waals surface area contributed by atoms with Crippen LogP contribution in [-0.2, 0) is 0 Å². The van der Waals surface area contributed by atoms with Gasteiger partial charge >= 0.3 is 0 Å². The van der Waals surface area contributed by atoms with E-state index in [0.29, 0.717) is 6.04 Å². The molecule has 0 saturated heterocycles. The molecule has 0 aromatic heterocycles. The van der Waals surface area contributed by atoms with Gasteiger partial charge in [-0.05, 0) is 38.9 Å². The van der Waals surface area contributed by atoms with Gasteiger partial charge in [0, 0.05) is 18.6 Å². The summed E-state index contributed by atoms with van der Waals surface area (Å²) in [4.78, 5) is 2.66. The highest BCUT2D eigenvalue weighted by Crippen LogP contribution is 2.25. The van der Waals surface area contributed by atoms with Crippen LogP contribution in [0.3, 0.4) is 0 Å². The van der Waals surface area contributed by atoms with Gasteiger partial charge in [-0.15, -0.1) is 0 Å². The van der Waals surface area contributed by atoms with E-state index in [1.54, 1.807) is 0 Å². The molecule has 106 valence electrons. The number of nitrogens with one attached hydrogen (secondary N) is 1. The molecule has 1 unspecified atom stereocenters. The Morgan fingerprint density at radius 1 is 1.21 bits per heavy atom. The lowest BCUT2D eigenvalue weighted by Crippen LogP contribution is -2.39. The van der Waals surface area contributed by atoms with Gasteiger partial charge in [-0.25, -0.2) is 0 Å². The Morgan fingerprint density at radius 3 is 2.37 bits per heavy atom. The monoisotopic (exact) mass is 260 g/mol. The second-order valence-corrected chi connectivity index (χ2v) is 5.78. The lowest BCUT2D eigenvalue weighted by atomic mass is 10.0. The van der Waals surface area contributed by atoms with E-state index in [0.717, 1.165) is 19.1 Å². The van der Waals surface area contributed by atoms with Crippen molar-refractivity contribution in [2.45, 2.75) is 51.6 Å². The van der Waals surface area contributed by atoms with E-state index in [2.05, 4.69) is 55.4 Å². The molecule has 1 fully saturated rings. The highest BCUT2D eigenvalue weighted by Gasteiger charge is 2.23. The molecule has 1 atom stereocenters. The predicted octanol–water partition coefficient (Wildman–Crippen LogP) is 3.52. The van der Waals surface area contributed by atoms with Crippen molar-refractivity contribution in [3.63, 3.8) is 0 Å². The molecule has 1 N–H and O–H groups in total. The number of hydrogen-bond acceptors (Lipinski definition) is 2. The summed E-state index contributed by atoms with van der Waals surface area (Å²) in [7, 11) is 2.08. The van der Waals surface area contributed by atoms with Crippen LogP contribution in [0.15, 0.2) is 24.3 Å². The smallest absolute Gasteiger partial charge is 0.0446 e. The van der Waals surface area contributed by atoms with Crippen molar-refractivity contribution in [1.29, 1.82) is 0 Å². The lowest BCUT2D eigenvalue weighted by molar-refractivity contribution is 0.189. The van der Waals surface area contributed by atoms with Gasteiger partial charge in [0.25, 0.3) is 0 Å². The molecule has 2 heteroatoms. The van der Waals surface area contributed by atoms with E-state index in [4.69, 9.17) is 0 Å². The number of nitrogens with zero attached hydrogens (tertiary/aromatic N) is 1. The van der Waals surface area contributed by atoms with Crippen LogP contribution in [0, 0.1) is 6.92 Å². The highest BCUT2D eigenvalue weighted by atomic mass is 15.2. The van der Waals surface area contributed by atoms with Crippen LogP contribution in [-0.4, -0.2) is 31.1 Å². The van der Waals surface area contributed by atoms with Crippen molar-refractivity contribution in [2.75, 3.05) is 20.1 Å². The molecule has 1 aromatic carbocycles. The molecule has 1 aliphatic carbocycles. The first-order chi connectivity index (χ1) is 9.24. The van der Waals surface area contributed by atoms with Crippen molar-refractivity contribution in [3.8, 4) is 0 Å². The fraction of sp³-hybridized carbons (Fsp3) is 0.647. The van der Waals surface area contributed by atoms with Gasteiger partial charge in [0.15, 0.2) is 0 Å². The zero-order valence-corrected chi connectivity index (χ0v) is 12.7. The quantitative estimate of drug-likeness (QED) is 0.842. The minimum Gasteiger partial charge on any atom is -0.312 e. The number of likely N-dealkylation sites (N-methyl/N-ethyl adjacent to an activating group) is 2. The van der Waals surface area contributed by atoms with Crippen LogP contribution in [0.5, 0.6) is 0 Å². The summed E-state index contributed by atoms with van der Waals surface area (Å²) in [6.07, 6.45) is 5.60. The molecule has 19 heavy (non-hydrogen) atoms. The minimum atomic E-state index is 0.446. The molecule has 2 rings (SSSR count). The van der Waals surface area contributed by atoms with Crippen molar-refractivity contribution in [1.82, 2.24) is 10.2 Å². The minimum absolute atomic E-state index is 0.446. The van der Waals surface area contributed by atoms with E-state index < -0.39 is 0 Å². The third-order valence-corrected chi connectivity index (χ3v) is 4.49. The number of hydrogen-bond donors (Lipinski definition) is 1. The van der Waals surface area contributed by atoms with Gasteiger partial charge in [0.05, 0.1) is 0 Å². The summed E-state index contributed by atoms with van der Waals surface area (Å²) in [5.74, 6) is 0. The zero-order valence-electron chi connectivity index (χ0n) is 12.7. The molecule has 2 nitrogen and oxygen atoms in total. The normalized spacial score (nSPS) is 18.1. The van der Waals surface area contributed by atoms with Crippen LogP contribution < -0.4 is 5.32 Å². The molecule has 0 radical (unpaired) electrons. The van der Waals surface area contributed by atoms with Crippen molar-refractivity contribution in [2.24, 2.45) is 0 Å². The molecule has 0 heterocycles. The van der Waals surface area contributed by atoms with E-state index in [1.165, 1.54) is 36.8 Å². The van der Waals surface area contributed by atoms with Gasteiger partial charge in [0.1, 0.15) is 0 Å². The maximum absolute atomic E-state index is 3.48. The Balaban J connectivity index is 2.02. The number of rotatable bonds is 6. The first-order valence-electron chi connectivity index (χ1n) is 7.72. The summed E-state index contributed by atoms with van der Waals surface area (Å²) in [5, 5.41) is 3.48. The molecule has 1 aromatic rings. The molecule has 0 aliphatic heterocycles. The topological polar surface area (TPSA) is 15.3 Å². The van der Waals surface area contributed by atoms with E-state index in [1.807, 2.05) is 0 Å². The average molecular weight is 260 g/mol. The van der Waals surface area contributed by atoms with E-state index in [-0.39, 0.29) is 0 Å². The molecular formula is C17H28N2. The molecular weight excluding hydrogens is 232 g/mol. The van der Waals surface area contributed by atoms with Crippen molar-refractivity contribution >= 4 is 0 Å². The van der Waals surface area contributed by atoms with E-state index >= 15 is 0 Å². The first kappa shape index (κ1) is 14.5. The SMILES string of the molecule is CCN(CC(NC)c1ccc(C)cc1)C1CCCC1. The zero-order chi connectivity index (χ0) is 13.7. The van der Waals surface area contributed by atoms with Crippen LogP contribution >= 0.6 is 0 Å². The van der Waals surface area contributed by atoms with Crippen LogP contribution in [0.1, 0.15) is 49.8 Å². The Hall–Kier alpha value is -0.860. The highest BCUT2D eigenvalue weighted by molar-refractivity contribution is 5.24. The average Bonchev–Trinajstić information content (AvgIpc) is 2.95. The molecule has 1 saturated carbocycles. The van der Waals surface area contributed by atoms with Crippen molar-refractivity contribution in [3.05, 3.63) is 35.4 Å². The Morgan fingerprint density at radius 2 is 1.84 bits per heavy atom. The number of benzene rings is 1. The third-order valence-electron chi connectivity index (χ3n) is 4.49. The fourth-order valence-corrected chi connectivity index (χ4v) is 3.20. The standard InChI is InChI=1S/C17H28N2/c1-4-19(16-7-5-6-8-16)13-17(18-3)15-11-9-14(2)10-12-15/h9-12,16-18H,4-8,13H2,1-3H3. The second-order valence-electron chi connectivity index (χ2n) is 5.78. The summed E-state index contributed by atoms with van der Waals surface area (Å²) in [5.41, 5.74) is 2.74. The van der Waals surface area contributed by atoms with Crippen LogP contribution in [0.2, 0.25) is 0 Å². The van der Waals surface area contributed by atoms with Crippen LogP contribution in [0.25, 0.3) is 0 Å². The molecule has 0 amide bonds. The molecule has 1 aliphatic rings. The fourth-order valence-electron chi connectivity index (χ4n) is 3.20. The summed E-state index contributed by atoms with van der Waals surface area (Å²) in [6, 6.07) is 10.2. The van der Waals surface area contributed by atoms with Gasteiger partial charge in [0.2, 0.25) is 0 Å². The molecule has 0 spiro atoms. The maximum atomic E-state index is 3.48. The van der Waals surface area contributed by atoms with E-state index in [9.17, 15) is 0 Å². The van der Waals surface area contributed by atoms with Crippen LogP contribution in [0.4, 0.5) is 0 Å².